The van der Waals surface area contributed by atoms with Gasteiger partial charge in [-0.05, 0) is 44.0 Å². The molecule has 4 rings (SSSR count). The van der Waals surface area contributed by atoms with Crippen LogP contribution >= 0.6 is 0 Å². The van der Waals surface area contributed by atoms with Gasteiger partial charge in [0.05, 0.1) is 5.69 Å². The van der Waals surface area contributed by atoms with Crippen LogP contribution in [0.5, 0.6) is 0 Å². The van der Waals surface area contributed by atoms with Gasteiger partial charge in [0.15, 0.2) is 0 Å². The van der Waals surface area contributed by atoms with Crippen LogP contribution in [0.25, 0.3) is 0 Å². The van der Waals surface area contributed by atoms with Gasteiger partial charge in [0.2, 0.25) is 0 Å². The van der Waals surface area contributed by atoms with E-state index in [0.717, 1.165) is 18.5 Å². The highest BCUT2D eigenvalue weighted by Gasteiger charge is 2.41. The Labute approximate surface area is 138 Å². The second kappa shape index (κ2) is 5.54. The lowest BCUT2D eigenvalue weighted by atomic mass is 9.98. The van der Waals surface area contributed by atoms with Gasteiger partial charge in [-0.15, -0.1) is 0 Å². The van der Waals surface area contributed by atoms with Crippen molar-refractivity contribution >= 4 is 5.91 Å². The maximum absolute atomic E-state index is 13.1. The van der Waals surface area contributed by atoms with Gasteiger partial charge < -0.3 is 9.88 Å². The van der Waals surface area contributed by atoms with Crippen LogP contribution < -0.4 is 5.56 Å². The molecule has 1 amide bonds. The average molecular weight is 327 g/mol. The average Bonchev–Trinajstić information content (AvgIpc) is 2.83. The summed E-state index contributed by atoms with van der Waals surface area (Å²) in [5, 5.41) is 0. The summed E-state index contributed by atoms with van der Waals surface area (Å²) in [5.74, 6) is 0.153. The highest BCUT2D eigenvalue weighted by molar-refractivity contribution is 5.95. The molecule has 2 bridgehead atoms. The number of hydrogen-bond donors (Lipinski definition) is 1. The van der Waals surface area contributed by atoms with Crippen molar-refractivity contribution in [3.05, 3.63) is 63.1 Å². The molecule has 0 spiro atoms. The first-order chi connectivity index (χ1) is 11.5. The first-order valence-corrected chi connectivity index (χ1v) is 8.20. The molecule has 5 nitrogen and oxygen atoms in total. The van der Waals surface area contributed by atoms with E-state index >= 15 is 0 Å². The number of carbonyl (C=O) groups excluding carboxylic acids is 1. The number of benzene rings is 1. The second-order valence-corrected chi connectivity index (χ2v) is 6.59. The molecule has 2 atom stereocenters. The molecule has 1 aromatic heterocycles. The summed E-state index contributed by atoms with van der Waals surface area (Å²) in [6, 6.07) is 5.69. The van der Waals surface area contributed by atoms with Crippen molar-refractivity contribution in [1.29, 1.82) is 0 Å². The highest BCUT2D eigenvalue weighted by atomic mass is 19.1. The predicted octanol–water partition coefficient (Wildman–Crippen LogP) is 1.99. The molecule has 1 saturated heterocycles. The molecule has 0 saturated carbocycles. The zero-order valence-electron chi connectivity index (χ0n) is 13.4. The van der Waals surface area contributed by atoms with E-state index < -0.39 is 0 Å². The molecule has 2 aliphatic heterocycles. The topological polar surface area (TPSA) is 66.1 Å². The Morgan fingerprint density at radius 1 is 1.21 bits per heavy atom. The number of rotatable bonds is 1. The van der Waals surface area contributed by atoms with Crippen molar-refractivity contribution in [1.82, 2.24) is 14.9 Å². The summed E-state index contributed by atoms with van der Waals surface area (Å²) >= 11 is 0. The van der Waals surface area contributed by atoms with E-state index in [1.165, 1.54) is 24.3 Å². The normalized spacial score (nSPS) is 22.2. The molecule has 2 aliphatic rings. The fraction of sp³-hybridized carbons (Fsp3) is 0.389. The third-order valence-electron chi connectivity index (χ3n) is 5.03. The number of H-pyrrole nitrogens is 1. The Kier molecular flexibility index (Phi) is 3.48. The maximum Gasteiger partial charge on any atom is 0.254 e. The largest absolute Gasteiger partial charge is 0.332 e. The number of nitrogens with zero attached hydrogens (tertiary/aromatic N) is 2. The van der Waals surface area contributed by atoms with E-state index in [-0.39, 0.29) is 29.4 Å². The van der Waals surface area contributed by atoms with Crippen molar-refractivity contribution in [3.8, 4) is 0 Å². The molecule has 2 aromatic rings. The van der Waals surface area contributed by atoms with Gasteiger partial charge in [0.25, 0.3) is 11.5 Å². The molecule has 0 radical (unpaired) electrons. The summed E-state index contributed by atoms with van der Waals surface area (Å²) in [7, 11) is 0. The summed E-state index contributed by atoms with van der Waals surface area (Å²) in [5.41, 5.74) is 1.89. The van der Waals surface area contributed by atoms with Crippen LogP contribution in [0, 0.1) is 12.7 Å². The minimum Gasteiger partial charge on any atom is -0.332 e. The maximum atomic E-state index is 13.1. The number of aromatic nitrogens is 2. The number of aryl methyl sites for hydroxylation is 1. The third kappa shape index (κ3) is 2.42. The molecule has 0 unspecified atom stereocenters. The van der Waals surface area contributed by atoms with Crippen molar-refractivity contribution in [2.45, 2.75) is 44.7 Å². The fourth-order valence-corrected chi connectivity index (χ4v) is 3.94. The van der Waals surface area contributed by atoms with Crippen LogP contribution in [-0.2, 0) is 12.8 Å². The number of hydrogen-bond acceptors (Lipinski definition) is 3. The smallest absolute Gasteiger partial charge is 0.254 e. The van der Waals surface area contributed by atoms with Gasteiger partial charge in [-0.2, -0.15) is 0 Å². The van der Waals surface area contributed by atoms with Gasteiger partial charge in [-0.25, -0.2) is 9.37 Å². The van der Waals surface area contributed by atoms with Crippen molar-refractivity contribution in [2.24, 2.45) is 0 Å². The first-order valence-electron chi connectivity index (χ1n) is 8.20. The van der Waals surface area contributed by atoms with Crippen LogP contribution in [0.1, 0.15) is 40.3 Å². The van der Waals surface area contributed by atoms with E-state index in [2.05, 4.69) is 9.97 Å². The van der Waals surface area contributed by atoms with Gasteiger partial charge in [0.1, 0.15) is 11.6 Å². The molecule has 0 aliphatic carbocycles. The van der Waals surface area contributed by atoms with E-state index in [0.29, 0.717) is 29.8 Å². The Balaban J connectivity index is 1.70. The van der Waals surface area contributed by atoms with Crippen molar-refractivity contribution in [2.75, 3.05) is 0 Å². The standard InChI is InChI=1S/C18H18FN3O2/c1-10-20-16-9-14-7-6-13(8-15(16)17(23)21-10)22(14)18(24)11-2-4-12(19)5-3-11/h2-5,13-14H,6-9H2,1H3,(H,20,21,23)/t13-,14-/m1/s1. The number of fused-ring (bicyclic) bond motifs is 3. The van der Waals surface area contributed by atoms with Crippen LogP contribution in [0.2, 0.25) is 0 Å². The molecular weight excluding hydrogens is 309 g/mol. The Morgan fingerprint density at radius 2 is 1.88 bits per heavy atom. The fourth-order valence-electron chi connectivity index (χ4n) is 3.94. The summed E-state index contributed by atoms with van der Waals surface area (Å²) in [6.07, 6.45) is 2.92. The zero-order chi connectivity index (χ0) is 16.8. The second-order valence-electron chi connectivity index (χ2n) is 6.59. The predicted molar refractivity (Wildman–Crippen MR) is 86.4 cm³/mol. The van der Waals surface area contributed by atoms with Crippen LogP contribution in [0.4, 0.5) is 4.39 Å². The minimum absolute atomic E-state index is 0.000547. The number of aromatic amines is 1. The lowest BCUT2D eigenvalue weighted by Gasteiger charge is -2.28. The summed E-state index contributed by atoms with van der Waals surface area (Å²) < 4.78 is 13.1. The summed E-state index contributed by atoms with van der Waals surface area (Å²) in [6.45, 7) is 1.77. The lowest BCUT2D eigenvalue weighted by Crippen LogP contribution is -2.41. The van der Waals surface area contributed by atoms with E-state index in [1.54, 1.807) is 6.92 Å². The third-order valence-corrected chi connectivity index (χ3v) is 5.03. The van der Waals surface area contributed by atoms with Crippen LogP contribution in [0.15, 0.2) is 29.1 Å². The highest BCUT2D eigenvalue weighted by Crippen LogP contribution is 2.33. The van der Waals surface area contributed by atoms with Crippen molar-refractivity contribution in [3.63, 3.8) is 0 Å². The Bertz CT molecular complexity index is 860. The molecule has 1 N–H and O–H groups in total. The van der Waals surface area contributed by atoms with Gasteiger partial charge in [-0.3, -0.25) is 9.59 Å². The van der Waals surface area contributed by atoms with E-state index in [9.17, 15) is 14.0 Å². The van der Waals surface area contributed by atoms with E-state index in [1.807, 2.05) is 4.90 Å². The molecule has 124 valence electrons. The SMILES string of the molecule is Cc1nc2c(c(=O)[nH]1)C[C@H]1CC[C@H](C2)N1C(=O)c1ccc(F)cc1. The quantitative estimate of drug-likeness (QED) is 0.871. The Morgan fingerprint density at radius 3 is 2.58 bits per heavy atom. The molecule has 1 aromatic carbocycles. The lowest BCUT2D eigenvalue weighted by molar-refractivity contribution is 0.0673. The monoisotopic (exact) mass is 327 g/mol. The molecule has 24 heavy (non-hydrogen) atoms. The number of halogens is 1. The number of nitrogens with one attached hydrogen (secondary N) is 1. The van der Waals surface area contributed by atoms with Crippen LogP contribution in [-0.4, -0.2) is 32.9 Å². The molecule has 3 heterocycles. The molecule has 1 fully saturated rings. The first kappa shape index (κ1) is 15.1. The molecular formula is C18H18FN3O2. The summed E-state index contributed by atoms with van der Waals surface area (Å²) in [4.78, 5) is 34.3. The van der Waals surface area contributed by atoms with E-state index in [4.69, 9.17) is 0 Å². The number of carbonyl (C=O) groups is 1. The van der Waals surface area contributed by atoms with Gasteiger partial charge in [0, 0.05) is 36.1 Å². The van der Waals surface area contributed by atoms with Gasteiger partial charge in [-0.1, -0.05) is 0 Å². The van der Waals surface area contributed by atoms with Crippen LogP contribution in [0.3, 0.4) is 0 Å². The van der Waals surface area contributed by atoms with Crippen molar-refractivity contribution < 1.29 is 9.18 Å². The minimum atomic E-state index is -0.357. The Hall–Kier alpha value is -2.50. The van der Waals surface area contributed by atoms with Gasteiger partial charge >= 0.3 is 0 Å². The number of amides is 1. The zero-order valence-corrected chi connectivity index (χ0v) is 13.4. The molecule has 6 heteroatoms.